The average molecular weight is 168 g/mol. The smallest absolute Gasteiger partial charge is 0.103 e. The van der Waals surface area contributed by atoms with Gasteiger partial charge in [0.1, 0.15) is 5.82 Å². The number of aromatic amines is 1. The van der Waals surface area contributed by atoms with Crippen LogP contribution in [0.25, 0.3) is 0 Å². The standard InChI is InChI=1S/C8H14N2.C2H6/c1-4-5-8-6(2)9-7(3)10-8;1-2/h4-5H2,1-3H3,(H,9,10);1-2H3. The summed E-state index contributed by atoms with van der Waals surface area (Å²) in [6.45, 7) is 10.2. The summed E-state index contributed by atoms with van der Waals surface area (Å²) < 4.78 is 0. The summed E-state index contributed by atoms with van der Waals surface area (Å²) in [6.07, 6.45) is 2.27. The fraction of sp³-hybridized carbons (Fsp3) is 0.700. The molecule has 1 aromatic rings. The largest absolute Gasteiger partial charge is 0.346 e. The molecule has 0 saturated carbocycles. The average Bonchev–Trinajstić information content (AvgIpc) is 2.35. The molecule has 1 N–H and O–H groups in total. The van der Waals surface area contributed by atoms with Gasteiger partial charge in [0.25, 0.3) is 0 Å². The molecule has 0 amide bonds. The van der Waals surface area contributed by atoms with Gasteiger partial charge in [-0.1, -0.05) is 27.2 Å². The van der Waals surface area contributed by atoms with E-state index in [4.69, 9.17) is 0 Å². The first-order valence-corrected chi connectivity index (χ1v) is 4.76. The van der Waals surface area contributed by atoms with Gasteiger partial charge in [0.05, 0.1) is 5.69 Å². The van der Waals surface area contributed by atoms with Gasteiger partial charge in [-0.05, 0) is 20.3 Å². The van der Waals surface area contributed by atoms with Gasteiger partial charge in [0.15, 0.2) is 0 Å². The minimum Gasteiger partial charge on any atom is -0.346 e. The highest BCUT2D eigenvalue weighted by Gasteiger charge is 2.00. The van der Waals surface area contributed by atoms with E-state index >= 15 is 0 Å². The molecule has 0 bridgehead atoms. The lowest BCUT2D eigenvalue weighted by Gasteiger charge is -1.90. The minimum absolute atomic E-state index is 1.03. The van der Waals surface area contributed by atoms with Crippen molar-refractivity contribution in [3.05, 3.63) is 17.2 Å². The van der Waals surface area contributed by atoms with Gasteiger partial charge in [-0.2, -0.15) is 0 Å². The topological polar surface area (TPSA) is 28.7 Å². The van der Waals surface area contributed by atoms with E-state index in [-0.39, 0.29) is 0 Å². The highest BCUT2D eigenvalue weighted by atomic mass is 14.9. The van der Waals surface area contributed by atoms with Crippen molar-refractivity contribution in [2.75, 3.05) is 0 Å². The molecule has 2 heteroatoms. The highest BCUT2D eigenvalue weighted by molar-refractivity contribution is 5.12. The number of hydrogen-bond donors (Lipinski definition) is 1. The Bertz CT molecular complexity index is 214. The second-order valence-corrected chi connectivity index (χ2v) is 2.64. The second-order valence-electron chi connectivity index (χ2n) is 2.64. The van der Waals surface area contributed by atoms with Crippen LogP contribution in [0.4, 0.5) is 0 Å². The first kappa shape index (κ1) is 11.2. The van der Waals surface area contributed by atoms with E-state index in [1.807, 2.05) is 20.8 Å². The van der Waals surface area contributed by atoms with E-state index in [1.165, 1.54) is 17.8 Å². The van der Waals surface area contributed by atoms with Crippen LogP contribution in [0, 0.1) is 13.8 Å². The van der Waals surface area contributed by atoms with E-state index in [9.17, 15) is 0 Å². The molecule has 0 aliphatic rings. The van der Waals surface area contributed by atoms with Crippen LogP contribution in [0.15, 0.2) is 0 Å². The van der Waals surface area contributed by atoms with Gasteiger partial charge in [-0.25, -0.2) is 4.98 Å². The van der Waals surface area contributed by atoms with Crippen molar-refractivity contribution >= 4 is 0 Å². The van der Waals surface area contributed by atoms with Crippen LogP contribution in [-0.4, -0.2) is 9.97 Å². The van der Waals surface area contributed by atoms with Gasteiger partial charge < -0.3 is 4.98 Å². The van der Waals surface area contributed by atoms with E-state index in [0.29, 0.717) is 0 Å². The zero-order valence-corrected chi connectivity index (χ0v) is 8.86. The molecular formula is C10H20N2. The number of imidazole rings is 1. The Labute approximate surface area is 75.4 Å². The molecule has 0 fully saturated rings. The molecule has 1 heterocycles. The maximum atomic E-state index is 4.34. The van der Waals surface area contributed by atoms with Gasteiger partial charge in [0.2, 0.25) is 0 Å². The molecule has 0 radical (unpaired) electrons. The lowest BCUT2D eigenvalue weighted by Crippen LogP contribution is -1.85. The lowest BCUT2D eigenvalue weighted by atomic mass is 10.2. The van der Waals surface area contributed by atoms with Crippen LogP contribution in [-0.2, 0) is 6.42 Å². The van der Waals surface area contributed by atoms with Crippen molar-refractivity contribution in [1.29, 1.82) is 0 Å². The maximum Gasteiger partial charge on any atom is 0.103 e. The normalized spacial score (nSPS) is 9.08. The Balaban J connectivity index is 0.000000561. The third kappa shape index (κ3) is 3.07. The number of H-pyrrole nitrogens is 1. The van der Waals surface area contributed by atoms with Gasteiger partial charge in [-0.3, -0.25) is 0 Å². The zero-order chi connectivity index (χ0) is 9.56. The minimum atomic E-state index is 1.03. The van der Waals surface area contributed by atoms with Crippen LogP contribution in [0.2, 0.25) is 0 Å². The van der Waals surface area contributed by atoms with Crippen molar-refractivity contribution in [1.82, 2.24) is 9.97 Å². The van der Waals surface area contributed by atoms with Crippen LogP contribution in [0.1, 0.15) is 44.4 Å². The molecule has 70 valence electrons. The Morgan fingerprint density at radius 3 is 2.17 bits per heavy atom. The third-order valence-corrected chi connectivity index (χ3v) is 1.59. The van der Waals surface area contributed by atoms with Crippen molar-refractivity contribution in [3.8, 4) is 0 Å². The quantitative estimate of drug-likeness (QED) is 0.722. The number of nitrogens with zero attached hydrogens (tertiary/aromatic N) is 1. The number of hydrogen-bond acceptors (Lipinski definition) is 1. The van der Waals surface area contributed by atoms with Crippen molar-refractivity contribution in [2.45, 2.75) is 47.5 Å². The van der Waals surface area contributed by atoms with Crippen molar-refractivity contribution in [2.24, 2.45) is 0 Å². The summed E-state index contributed by atoms with van der Waals surface area (Å²) in [7, 11) is 0. The van der Waals surface area contributed by atoms with E-state index in [0.717, 1.165) is 12.2 Å². The highest BCUT2D eigenvalue weighted by Crippen LogP contribution is 2.05. The van der Waals surface area contributed by atoms with E-state index < -0.39 is 0 Å². The van der Waals surface area contributed by atoms with Crippen LogP contribution < -0.4 is 0 Å². The summed E-state index contributed by atoms with van der Waals surface area (Å²) in [5.74, 6) is 1.03. The Hall–Kier alpha value is -0.790. The van der Waals surface area contributed by atoms with Crippen LogP contribution >= 0.6 is 0 Å². The maximum absolute atomic E-state index is 4.34. The molecule has 0 unspecified atom stereocenters. The molecule has 0 aliphatic carbocycles. The Kier molecular flexibility index (Phi) is 5.43. The third-order valence-electron chi connectivity index (χ3n) is 1.59. The Morgan fingerprint density at radius 2 is 1.83 bits per heavy atom. The summed E-state index contributed by atoms with van der Waals surface area (Å²) >= 11 is 0. The molecule has 12 heavy (non-hydrogen) atoms. The van der Waals surface area contributed by atoms with E-state index in [2.05, 4.69) is 23.8 Å². The van der Waals surface area contributed by atoms with E-state index in [1.54, 1.807) is 0 Å². The molecule has 2 nitrogen and oxygen atoms in total. The second kappa shape index (κ2) is 5.81. The number of aryl methyl sites for hydroxylation is 3. The molecule has 1 aromatic heterocycles. The predicted molar refractivity (Wildman–Crippen MR) is 53.4 cm³/mol. The first-order valence-electron chi connectivity index (χ1n) is 4.76. The van der Waals surface area contributed by atoms with Gasteiger partial charge in [-0.15, -0.1) is 0 Å². The molecular weight excluding hydrogens is 148 g/mol. The fourth-order valence-electron chi connectivity index (χ4n) is 1.14. The fourth-order valence-corrected chi connectivity index (χ4v) is 1.14. The SMILES string of the molecule is CC.CCCc1nc(C)[nH]c1C. The van der Waals surface area contributed by atoms with Crippen molar-refractivity contribution in [3.63, 3.8) is 0 Å². The molecule has 0 aromatic carbocycles. The number of aromatic nitrogens is 2. The first-order chi connectivity index (χ1) is 5.74. The number of nitrogens with one attached hydrogen (secondary N) is 1. The zero-order valence-electron chi connectivity index (χ0n) is 8.86. The molecule has 0 saturated heterocycles. The summed E-state index contributed by atoms with van der Waals surface area (Å²) in [5, 5.41) is 0. The number of rotatable bonds is 2. The summed E-state index contributed by atoms with van der Waals surface area (Å²) in [6, 6.07) is 0. The monoisotopic (exact) mass is 168 g/mol. The summed E-state index contributed by atoms with van der Waals surface area (Å²) in [5.41, 5.74) is 2.44. The summed E-state index contributed by atoms with van der Waals surface area (Å²) in [4.78, 5) is 7.53. The van der Waals surface area contributed by atoms with Crippen LogP contribution in [0.3, 0.4) is 0 Å². The molecule has 0 spiro atoms. The predicted octanol–water partition coefficient (Wildman–Crippen LogP) is 3.01. The van der Waals surface area contributed by atoms with Gasteiger partial charge >= 0.3 is 0 Å². The van der Waals surface area contributed by atoms with Crippen molar-refractivity contribution < 1.29 is 0 Å². The Morgan fingerprint density at radius 1 is 1.25 bits per heavy atom. The van der Waals surface area contributed by atoms with Crippen LogP contribution in [0.5, 0.6) is 0 Å². The van der Waals surface area contributed by atoms with Gasteiger partial charge in [0, 0.05) is 5.69 Å². The molecule has 0 aliphatic heterocycles. The lowest BCUT2D eigenvalue weighted by molar-refractivity contribution is 0.879. The molecule has 1 rings (SSSR count). The molecule has 0 atom stereocenters.